The van der Waals surface area contributed by atoms with Crippen LogP contribution in [0.15, 0.2) is 18.2 Å². The van der Waals surface area contributed by atoms with Crippen LogP contribution >= 0.6 is 0 Å². The molecule has 1 fully saturated rings. The van der Waals surface area contributed by atoms with Crippen molar-refractivity contribution in [1.82, 2.24) is 4.90 Å². The molecule has 1 aliphatic rings. The highest BCUT2D eigenvalue weighted by Gasteiger charge is 2.36. The summed E-state index contributed by atoms with van der Waals surface area (Å²) in [7, 11) is 0. The molecule has 5 heteroatoms. The van der Waals surface area contributed by atoms with Crippen LogP contribution in [-0.2, 0) is 4.79 Å². The van der Waals surface area contributed by atoms with Gasteiger partial charge < -0.3 is 10.6 Å². The van der Waals surface area contributed by atoms with Crippen molar-refractivity contribution in [2.45, 2.75) is 38.3 Å². The lowest BCUT2D eigenvalue weighted by Gasteiger charge is -2.40. The zero-order valence-corrected chi connectivity index (χ0v) is 10.9. The first kappa shape index (κ1) is 13.9. The third-order valence-electron chi connectivity index (χ3n) is 3.52. The number of hydrogen-bond acceptors (Lipinski definition) is 2. The smallest absolute Gasteiger partial charge is 0.223 e. The van der Waals surface area contributed by atoms with Gasteiger partial charge in [-0.15, -0.1) is 0 Å². The third kappa shape index (κ3) is 2.61. The summed E-state index contributed by atoms with van der Waals surface area (Å²) in [5.41, 5.74) is 6.20. The van der Waals surface area contributed by atoms with E-state index >= 15 is 0 Å². The summed E-state index contributed by atoms with van der Waals surface area (Å²) in [4.78, 5) is 13.5. The van der Waals surface area contributed by atoms with Gasteiger partial charge in [0.15, 0.2) is 11.6 Å². The highest BCUT2D eigenvalue weighted by molar-refractivity contribution is 5.78. The summed E-state index contributed by atoms with van der Waals surface area (Å²) in [6.45, 7) is 2.44. The first-order valence-electron chi connectivity index (χ1n) is 6.55. The fourth-order valence-electron chi connectivity index (χ4n) is 2.63. The lowest BCUT2D eigenvalue weighted by molar-refractivity contribution is -0.137. The molecule has 1 saturated heterocycles. The molecule has 3 nitrogen and oxygen atoms in total. The van der Waals surface area contributed by atoms with Crippen molar-refractivity contribution in [3.63, 3.8) is 0 Å². The Morgan fingerprint density at radius 2 is 2.16 bits per heavy atom. The first-order valence-corrected chi connectivity index (χ1v) is 6.55. The van der Waals surface area contributed by atoms with Crippen LogP contribution < -0.4 is 5.73 Å². The van der Waals surface area contributed by atoms with Crippen molar-refractivity contribution < 1.29 is 13.6 Å². The Bertz CT molecular complexity index is 479. The molecule has 1 amide bonds. The van der Waals surface area contributed by atoms with Crippen LogP contribution in [0, 0.1) is 11.6 Å². The second-order valence-electron chi connectivity index (χ2n) is 4.88. The zero-order valence-electron chi connectivity index (χ0n) is 10.9. The molecular formula is C14H18F2N2O. The maximum absolute atomic E-state index is 13.9. The van der Waals surface area contributed by atoms with Gasteiger partial charge >= 0.3 is 0 Å². The van der Waals surface area contributed by atoms with Gasteiger partial charge in [-0.3, -0.25) is 4.79 Å². The number of nitrogens with two attached hydrogens (primary N) is 1. The molecule has 2 atom stereocenters. The van der Waals surface area contributed by atoms with Gasteiger partial charge in [-0.1, -0.05) is 19.1 Å². The number of benzene rings is 1. The SMILES string of the molecule is CCCN1C(=O)CCC(N)C1c1cccc(F)c1F. The molecule has 0 bridgehead atoms. The predicted octanol–water partition coefficient (Wildman–Crippen LogP) is 2.37. The van der Waals surface area contributed by atoms with E-state index < -0.39 is 17.7 Å². The lowest BCUT2D eigenvalue weighted by Crippen LogP contribution is -2.49. The monoisotopic (exact) mass is 268 g/mol. The van der Waals surface area contributed by atoms with E-state index in [0.29, 0.717) is 19.4 Å². The third-order valence-corrected chi connectivity index (χ3v) is 3.52. The molecule has 2 unspecified atom stereocenters. The van der Waals surface area contributed by atoms with Crippen molar-refractivity contribution in [1.29, 1.82) is 0 Å². The number of amides is 1. The quantitative estimate of drug-likeness (QED) is 0.914. The average molecular weight is 268 g/mol. The molecule has 0 aromatic heterocycles. The van der Waals surface area contributed by atoms with Crippen LogP contribution in [0.1, 0.15) is 37.8 Å². The Labute approximate surface area is 111 Å². The van der Waals surface area contributed by atoms with E-state index in [4.69, 9.17) is 5.73 Å². The highest BCUT2D eigenvalue weighted by atomic mass is 19.2. The zero-order chi connectivity index (χ0) is 14.0. The maximum Gasteiger partial charge on any atom is 0.223 e. The van der Waals surface area contributed by atoms with Crippen molar-refractivity contribution in [3.8, 4) is 0 Å². The van der Waals surface area contributed by atoms with Crippen LogP contribution in [0.25, 0.3) is 0 Å². The summed E-state index contributed by atoms with van der Waals surface area (Å²) in [5, 5.41) is 0. The second-order valence-corrected chi connectivity index (χ2v) is 4.88. The molecule has 104 valence electrons. The van der Waals surface area contributed by atoms with Gasteiger partial charge in [0.25, 0.3) is 0 Å². The minimum absolute atomic E-state index is 0.0442. The Morgan fingerprint density at radius 3 is 2.84 bits per heavy atom. The van der Waals surface area contributed by atoms with Gasteiger partial charge in [0.05, 0.1) is 6.04 Å². The van der Waals surface area contributed by atoms with Crippen LogP contribution in [0.3, 0.4) is 0 Å². The molecule has 2 N–H and O–H groups in total. The summed E-state index contributed by atoms with van der Waals surface area (Å²) < 4.78 is 27.3. The molecule has 0 radical (unpaired) electrons. The van der Waals surface area contributed by atoms with E-state index in [9.17, 15) is 13.6 Å². The van der Waals surface area contributed by atoms with Crippen LogP contribution in [0.2, 0.25) is 0 Å². The van der Waals surface area contributed by atoms with E-state index in [2.05, 4.69) is 0 Å². The van der Waals surface area contributed by atoms with Gasteiger partial charge in [0, 0.05) is 24.6 Å². The number of rotatable bonds is 3. The number of piperidine rings is 1. The fraction of sp³-hybridized carbons (Fsp3) is 0.500. The number of hydrogen-bond donors (Lipinski definition) is 1. The Morgan fingerprint density at radius 1 is 1.42 bits per heavy atom. The second kappa shape index (κ2) is 5.65. The normalized spacial score (nSPS) is 23.8. The van der Waals surface area contributed by atoms with Crippen molar-refractivity contribution >= 4 is 5.91 Å². The summed E-state index contributed by atoms with van der Waals surface area (Å²) in [6, 6.07) is 3.09. The average Bonchev–Trinajstić information content (AvgIpc) is 2.39. The standard InChI is InChI=1S/C14H18F2N2O/c1-2-8-18-12(19)7-6-11(17)14(18)9-4-3-5-10(15)13(9)16/h3-5,11,14H,2,6-8,17H2,1H3. The number of likely N-dealkylation sites (tertiary alicyclic amines) is 1. The molecule has 1 aromatic carbocycles. The molecular weight excluding hydrogens is 250 g/mol. The molecule has 1 aliphatic heterocycles. The van der Waals surface area contributed by atoms with Gasteiger partial charge in [0.1, 0.15) is 0 Å². The Kier molecular flexibility index (Phi) is 4.14. The van der Waals surface area contributed by atoms with Gasteiger partial charge in [-0.05, 0) is 18.9 Å². The molecule has 0 spiro atoms. The van der Waals surface area contributed by atoms with Crippen molar-refractivity contribution in [3.05, 3.63) is 35.4 Å². The molecule has 1 aromatic rings. The van der Waals surface area contributed by atoms with Crippen molar-refractivity contribution in [2.75, 3.05) is 6.54 Å². The van der Waals surface area contributed by atoms with E-state index in [1.807, 2.05) is 6.92 Å². The molecule has 0 aliphatic carbocycles. The fourth-order valence-corrected chi connectivity index (χ4v) is 2.63. The first-order chi connectivity index (χ1) is 9.06. The summed E-state index contributed by atoms with van der Waals surface area (Å²) in [5.74, 6) is -1.85. The number of carbonyl (C=O) groups is 1. The topological polar surface area (TPSA) is 46.3 Å². The van der Waals surface area contributed by atoms with E-state index in [-0.39, 0.29) is 17.5 Å². The number of carbonyl (C=O) groups excluding carboxylic acids is 1. The van der Waals surface area contributed by atoms with E-state index in [1.165, 1.54) is 12.1 Å². The van der Waals surface area contributed by atoms with E-state index in [0.717, 1.165) is 12.5 Å². The minimum atomic E-state index is -0.904. The molecule has 0 saturated carbocycles. The molecule has 1 heterocycles. The largest absolute Gasteiger partial charge is 0.334 e. The summed E-state index contributed by atoms with van der Waals surface area (Å²) >= 11 is 0. The van der Waals surface area contributed by atoms with Gasteiger partial charge in [-0.2, -0.15) is 0 Å². The molecule has 19 heavy (non-hydrogen) atoms. The van der Waals surface area contributed by atoms with Gasteiger partial charge in [0.2, 0.25) is 5.91 Å². The Balaban J connectivity index is 2.42. The minimum Gasteiger partial charge on any atom is -0.334 e. The predicted molar refractivity (Wildman–Crippen MR) is 68.3 cm³/mol. The van der Waals surface area contributed by atoms with Crippen LogP contribution in [-0.4, -0.2) is 23.4 Å². The van der Waals surface area contributed by atoms with Gasteiger partial charge in [-0.25, -0.2) is 8.78 Å². The van der Waals surface area contributed by atoms with Crippen molar-refractivity contribution in [2.24, 2.45) is 5.73 Å². The highest BCUT2D eigenvalue weighted by Crippen LogP contribution is 2.33. The maximum atomic E-state index is 13.9. The summed E-state index contributed by atoms with van der Waals surface area (Å²) in [6.07, 6.45) is 1.63. The van der Waals surface area contributed by atoms with Crippen LogP contribution in [0.4, 0.5) is 8.78 Å². The molecule has 2 rings (SSSR count). The lowest BCUT2D eigenvalue weighted by atomic mass is 9.90. The number of halogens is 2. The van der Waals surface area contributed by atoms with E-state index in [1.54, 1.807) is 4.90 Å². The van der Waals surface area contributed by atoms with Crippen LogP contribution in [0.5, 0.6) is 0 Å². The Hall–Kier alpha value is -1.49. The number of nitrogens with zero attached hydrogens (tertiary/aromatic N) is 1.